The second-order valence-electron chi connectivity index (χ2n) is 6.48. The van der Waals surface area contributed by atoms with Crippen LogP contribution in [-0.2, 0) is 11.3 Å². The van der Waals surface area contributed by atoms with Gasteiger partial charge in [-0.1, -0.05) is 11.6 Å². The van der Waals surface area contributed by atoms with E-state index < -0.39 is 11.7 Å². The van der Waals surface area contributed by atoms with Gasteiger partial charge in [-0.05, 0) is 24.3 Å². The zero-order valence-corrected chi connectivity index (χ0v) is 16.6. The summed E-state index contributed by atoms with van der Waals surface area (Å²) in [6.07, 6.45) is 0. The maximum atomic E-state index is 13.9. The first kappa shape index (κ1) is 20.9. The van der Waals surface area contributed by atoms with Crippen molar-refractivity contribution in [2.24, 2.45) is 0 Å². The van der Waals surface area contributed by atoms with Crippen molar-refractivity contribution in [2.75, 3.05) is 39.9 Å². The molecule has 3 rings (SSSR count). The molecule has 0 N–H and O–H groups in total. The molecule has 1 aromatic carbocycles. The molecular weight excluding hydrogens is 403 g/mol. The Morgan fingerprint density at radius 3 is 2.41 bits per heavy atom. The van der Waals surface area contributed by atoms with Gasteiger partial charge in [0, 0.05) is 44.4 Å². The summed E-state index contributed by atoms with van der Waals surface area (Å²) in [7, 11) is 1.51. The lowest BCUT2D eigenvalue weighted by molar-refractivity contribution is 0.0528. The number of halogens is 2. The molecular formula is C19H20ClFN4O4. The lowest BCUT2D eigenvalue weighted by Crippen LogP contribution is -2.51. The minimum Gasteiger partial charge on any atom is -0.383 e. The van der Waals surface area contributed by atoms with E-state index in [4.69, 9.17) is 16.3 Å². The Morgan fingerprint density at radius 2 is 1.76 bits per heavy atom. The van der Waals surface area contributed by atoms with Crippen molar-refractivity contribution in [3.63, 3.8) is 0 Å². The predicted octanol–water partition coefficient (Wildman–Crippen LogP) is 1.28. The van der Waals surface area contributed by atoms with Crippen LogP contribution in [-0.4, -0.2) is 71.3 Å². The third-order valence-corrected chi connectivity index (χ3v) is 4.84. The quantitative estimate of drug-likeness (QED) is 0.724. The van der Waals surface area contributed by atoms with E-state index in [1.165, 1.54) is 41.0 Å². The number of ether oxygens (including phenoxy) is 1. The van der Waals surface area contributed by atoms with Gasteiger partial charge in [0.1, 0.15) is 11.5 Å². The molecule has 29 heavy (non-hydrogen) atoms. The van der Waals surface area contributed by atoms with Gasteiger partial charge in [0.15, 0.2) is 0 Å². The molecule has 0 saturated carbocycles. The van der Waals surface area contributed by atoms with Crippen molar-refractivity contribution < 1.29 is 18.7 Å². The van der Waals surface area contributed by atoms with Gasteiger partial charge >= 0.3 is 0 Å². The number of carbonyl (C=O) groups excluding carboxylic acids is 2. The standard InChI is InChI=1S/C19H20ClFN4O4/c1-29-11-10-25-17(26)5-4-16(22-25)19(28)24-8-6-23(7-9-24)18(27)14-12-13(20)2-3-15(14)21/h2-5,12H,6-11H2,1H3. The molecule has 1 aliphatic heterocycles. The summed E-state index contributed by atoms with van der Waals surface area (Å²) in [5, 5.41) is 4.37. The average Bonchev–Trinajstić information content (AvgIpc) is 2.74. The Morgan fingerprint density at radius 1 is 1.10 bits per heavy atom. The summed E-state index contributed by atoms with van der Waals surface area (Å²) in [4.78, 5) is 40.1. The summed E-state index contributed by atoms with van der Waals surface area (Å²) in [5.74, 6) is -1.44. The van der Waals surface area contributed by atoms with Crippen LogP contribution in [0.2, 0.25) is 5.02 Å². The van der Waals surface area contributed by atoms with E-state index in [2.05, 4.69) is 5.10 Å². The van der Waals surface area contributed by atoms with Gasteiger partial charge in [-0.3, -0.25) is 14.4 Å². The van der Waals surface area contributed by atoms with Gasteiger partial charge in [-0.25, -0.2) is 9.07 Å². The van der Waals surface area contributed by atoms with E-state index in [1.54, 1.807) is 4.90 Å². The number of amides is 2. The lowest BCUT2D eigenvalue weighted by atomic mass is 10.1. The number of piperazine rings is 1. The molecule has 2 aromatic rings. The molecule has 10 heteroatoms. The molecule has 0 bridgehead atoms. The summed E-state index contributed by atoms with van der Waals surface area (Å²) in [5.41, 5.74) is -0.275. The third kappa shape index (κ3) is 4.80. The van der Waals surface area contributed by atoms with E-state index in [-0.39, 0.29) is 60.5 Å². The second-order valence-corrected chi connectivity index (χ2v) is 6.92. The first-order chi connectivity index (χ1) is 13.9. The van der Waals surface area contributed by atoms with E-state index in [0.717, 1.165) is 6.07 Å². The van der Waals surface area contributed by atoms with Gasteiger partial charge in [-0.2, -0.15) is 5.10 Å². The van der Waals surface area contributed by atoms with Gasteiger partial charge in [0.25, 0.3) is 17.4 Å². The minimum atomic E-state index is -0.638. The lowest BCUT2D eigenvalue weighted by Gasteiger charge is -2.34. The van der Waals surface area contributed by atoms with Crippen molar-refractivity contribution in [2.45, 2.75) is 6.54 Å². The Kier molecular flexibility index (Phi) is 6.60. The van der Waals surface area contributed by atoms with Crippen LogP contribution in [0.5, 0.6) is 0 Å². The van der Waals surface area contributed by atoms with Crippen molar-refractivity contribution >= 4 is 23.4 Å². The van der Waals surface area contributed by atoms with Crippen LogP contribution in [0.1, 0.15) is 20.8 Å². The van der Waals surface area contributed by atoms with Crippen LogP contribution in [0, 0.1) is 5.82 Å². The highest BCUT2D eigenvalue weighted by Crippen LogP contribution is 2.18. The minimum absolute atomic E-state index is 0.0934. The highest BCUT2D eigenvalue weighted by Gasteiger charge is 2.27. The molecule has 2 heterocycles. The number of hydrogen-bond donors (Lipinski definition) is 0. The Hall–Kier alpha value is -2.78. The molecule has 0 spiro atoms. The molecule has 1 aromatic heterocycles. The second kappa shape index (κ2) is 9.15. The Labute approximate surface area is 171 Å². The van der Waals surface area contributed by atoms with E-state index in [1.807, 2.05) is 0 Å². The van der Waals surface area contributed by atoms with Crippen molar-refractivity contribution in [1.82, 2.24) is 19.6 Å². The SMILES string of the molecule is COCCn1nc(C(=O)N2CCN(C(=O)c3cc(Cl)ccc3F)CC2)ccc1=O. The first-order valence-corrected chi connectivity index (χ1v) is 9.39. The van der Waals surface area contributed by atoms with Crippen LogP contribution in [0.25, 0.3) is 0 Å². The summed E-state index contributed by atoms with van der Waals surface area (Å²) >= 11 is 5.86. The van der Waals surface area contributed by atoms with Crippen LogP contribution < -0.4 is 5.56 Å². The number of rotatable bonds is 5. The van der Waals surface area contributed by atoms with Crippen molar-refractivity contribution in [3.8, 4) is 0 Å². The third-order valence-electron chi connectivity index (χ3n) is 4.61. The van der Waals surface area contributed by atoms with Crippen LogP contribution in [0.3, 0.4) is 0 Å². The summed E-state index contributed by atoms with van der Waals surface area (Å²) < 4.78 is 20.1. The normalized spacial score (nSPS) is 14.2. The smallest absolute Gasteiger partial charge is 0.274 e. The van der Waals surface area contributed by atoms with Gasteiger partial charge < -0.3 is 14.5 Å². The van der Waals surface area contributed by atoms with E-state index in [9.17, 15) is 18.8 Å². The van der Waals surface area contributed by atoms with Gasteiger partial charge in [-0.15, -0.1) is 0 Å². The Balaban J connectivity index is 1.66. The molecule has 1 saturated heterocycles. The fraction of sp³-hybridized carbons (Fsp3) is 0.368. The van der Waals surface area contributed by atoms with Crippen LogP contribution in [0.15, 0.2) is 35.1 Å². The fourth-order valence-electron chi connectivity index (χ4n) is 3.01. The predicted molar refractivity (Wildman–Crippen MR) is 104 cm³/mol. The number of hydrogen-bond acceptors (Lipinski definition) is 5. The average molecular weight is 423 g/mol. The molecule has 0 atom stereocenters. The molecule has 1 aliphatic rings. The molecule has 0 radical (unpaired) electrons. The van der Waals surface area contributed by atoms with Crippen molar-refractivity contribution in [3.05, 3.63) is 62.8 Å². The largest absolute Gasteiger partial charge is 0.383 e. The summed E-state index contributed by atoms with van der Waals surface area (Å²) in [6, 6.07) is 6.50. The van der Waals surface area contributed by atoms with Crippen LogP contribution in [0.4, 0.5) is 4.39 Å². The number of benzene rings is 1. The molecule has 2 amide bonds. The highest BCUT2D eigenvalue weighted by molar-refractivity contribution is 6.31. The Bertz CT molecular complexity index is 973. The molecule has 8 nitrogen and oxygen atoms in total. The number of nitrogens with zero attached hydrogens (tertiary/aromatic N) is 4. The molecule has 1 fully saturated rings. The van der Waals surface area contributed by atoms with Gasteiger partial charge in [0.05, 0.1) is 18.7 Å². The van der Waals surface area contributed by atoms with Gasteiger partial charge in [0.2, 0.25) is 0 Å². The number of methoxy groups -OCH3 is 1. The number of aromatic nitrogens is 2. The maximum absolute atomic E-state index is 13.9. The maximum Gasteiger partial charge on any atom is 0.274 e. The van der Waals surface area contributed by atoms with E-state index in [0.29, 0.717) is 6.61 Å². The first-order valence-electron chi connectivity index (χ1n) is 9.01. The molecule has 0 aliphatic carbocycles. The zero-order valence-electron chi connectivity index (χ0n) is 15.8. The van der Waals surface area contributed by atoms with Crippen molar-refractivity contribution in [1.29, 1.82) is 0 Å². The molecule has 154 valence electrons. The highest BCUT2D eigenvalue weighted by atomic mass is 35.5. The zero-order chi connectivity index (χ0) is 21.0. The number of carbonyl (C=O) groups is 2. The molecule has 0 unspecified atom stereocenters. The van der Waals surface area contributed by atoms with Crippen LogP contribution >= 0.6 is 11.6 Å². The topological polar surface area (TPSA) is 84.7 Å². The van der Waals surface area contributed by atoms with E-state index >= 15 is 0 Å². The monoisotopic (exact) mass is 422 g/mol. The fourth-order valence-corrected chi connectivity index (χ4v) is 3.18. The summed E-state index contributed by atoms with van der Waals surface area (Å²) in [6.45, 7) is 1.58.